The fraction of sp³-hybridized carbons (Fsp3) is 0.368. The maximum atomic E-state index is 14.5. The number of anilines is 2. The summed E-state index contributed by atoms with van der Waals surface area (Å²) in [5.41, 5.74) is 11.0. The van der Waals surface area contributed by atoms with Crippen molar-refractivity contribution in [3.63, 3.8) is 0 Å². The van der Waals surface area contributed by atoms with E-state index in [0.29, 0.717) is 36.3 Å². The number of nitrogen functional groups attached to an aromatic ring is 1. The molecule has 0 fully saturated rings. The number of esters is 1. The molecular weight excluding hydrogens is 825 g/mol. The van der Waals surface area contributed by atoms with Crippen LogP contribution in [-0.4, -0.2) is 70.8 Å². The van der Waals surface area contributed by atoms with Crippen LogP contribution in [0.25, 0.3) is 0 Å². The summed E-state index contributed by atoms with van der Waals surface area (Å²) in [4.78, 5) is 66.9. The number of nitro groups is 1. The number of imide groups is 1. The third-order valence-electron chi connectivity index (χ3n) is 8.45. The van der Waals surface area contributed by atoms with Gasteiger partial charge in [0.2, 0.25) is 0 Å². The highest BCUT2D eigenvalue weighted by Crippen LogP contribution is 2.41. The van der Waals surface area contributed by atoms with Crippen molar-refractivity contribution in [2.45, 2.75) is 64.3 Å². The number of carboxylic acids is 1. The van der Waals surface area contributed by atoms with Gasteiger partial charge in [-0.15, -0.1) is 0 Å². The lowest BCUT2D eigenvalue weighted by molar-refractivity contribution is -0.383. The molecule has 0 radical (unpaired) electrons. The van der Waals surface area contributed by atoms with Gasteiger partial charge in [-0.05, 0) is 62.8 Å². The van der Waals surface area contributed by atoms with Crippen LogP contribution >= 0.6 is 30.6 Å². The number of carboxylic acid groups (broad SMARTS) is 1. The van der Waals surface area contributed by atoms with Gasteiger partial charge in [0, 0.05) is 36.1 Å². The molecule has 58 heavy (non-hydrogen) atoms. The van der Waals surface area contributed by atoms with Gasteiger partial charge in [0.15, 0.2) is 14.0 Å². The van der Waals surface area contributed by atoms with E-state index in [1.54, 1.807) is 24.3 Å². The lowest BCUT2D eigenvalue weighted by Gasteiger charge is -2.18. The highest BCUT2D eigenvalue weighted by atomic mass is 35.5. The fourth-order valence-corrected chi connectivity index (χ4v) is 6.55. The smallest absolute Gasteiger partial charge is 0.344 e. The molecule has 16 nitrogen and oxygen atoms in total. The highest BCUT2D eigenvalue weighted by Gasteiger charge is 2.41. The summed E-state index contributed by atoms with van der Waals surface area (Å²) in [5.74, 6) is -2.69. The second-order valence-corrected chi connectivity index (χ2v) is 16.4. The Balaban J connectivity index is 0.000000264. The Labute approximate surface area is 343 Å². The standard InChI is InChI=1S/C21H23ClFNO5.C12H9ClN2O3.C5H12NO4P/c1-2-3-6-9-28-19(25)12-29-18-11-17(16(23)10-15(18)22)24-20(26)13-7-4-5-8-14(13)21(24)27;13-11-10(18-8-4-2-1-3-5-8)7-6-9(12(11)14)15(16)17;1-11(9,10)3-2-4(6)5(7)8/h10-11H,2-9,12H2,1H3;1-7H,14H2;4H,2-3,6H2,1H3,(H,7,8)(H,9,10). The minimum atomic E-state index is -3.10. The summed E-state index contributed by atoms with van der Waals surface area (Å²) in [6, 6.07) is 12.7. The molecule has 2 unspecified atom stereocenters. The van der Waals surface area contributed by atoms with E-state index in [1.165, 1.54) is 24.9 Å². The van der Waals surface area contributed by atoms with Crippen molar-refractivity contribution >= 4 is 71.4 Å². The van der Waals surface area contributed by atoms with Crippen LogP contribution in [0.2, 0.25) is 10.0 Å². The van der Waals surface area contributed by atoms with E-state index in [2.05, 4.69) is 0 Å². The molecule has 2 atom stereocenters. The van der Waals surface area contributed by atoms with E-state index in [9.17, 15) is 38.2 Å². The van der Waals surface area contributed by atoms with Crippen molar-refractivity contribution in [3.8, 4) is 17.2 Å². The number of benzene rings is 3. The van der Waals surface area contributed by atoms with Crippen LogP contribution in [0, 0.1) is 15.9 Å². The largest absolute Gasteiger partial charge is 0.480 e. The van der Waals surface area contributed by atoms with E-state index in [0.717, 1.165) is 43.1 Å². The molecule has 314 valence electrons. The Morgan fingerprint density at radius 1 is 1.03 bits per heavy atom. The van der Waals surface area contributed by atoms with Gasteiger partial charge in [0.05, 0.1) is 22.2 Å². The number of halogens is 3. The normalized spacial score (nSPS) is 14.8. The monoisotopic (exact) mass is 868 g/mol. The number of aliphatic carboxylic acids is 1. The van der Waals surface area contributed by atoms with Crippen LogP contribution in [0.1, 0.15) is 58.3 Å². The van der Waals surface area contributed by atoms with Crippen molar-refractivity contribution in [1.29, 1.82) is 0 Å². The number of amides is 2. The second kappa shape index (κ2) is 22.2. The first-order chi connectivity index (χ1) is 27.4. The molecule has 0 saturated heterocycles. The van der Waals surface area contributed by atoms with Crippen molar-refractivity contribution < 1.29 is 57.3 Å². The Morgan fingerprint density at radius 3 is 2.21 bits per heavy atom. The molecule has 3 aromatic rings. The predicted octanol–water partition coefficient (Wildman–Crippen LogP) is 7.65. The van der Waals surface area contributed by atoms with Gasteiger partial charge in [-0.2, -0.15) is 0 Å². The molecule has 2 aliphatic rings. The molecule has 0 saturated carbocycles. The number of para-hydroxylation sites is 1. The molecule has 5 rings (SSSR count). The molecule has 0 aromatic heterocycles. The van der Waals surface area contributed by atoms with Crippen LogP contribution in [-0.2, 0) is 28.5 Å². The summed E-state index contributed by atoms with van der Waals surface area (Å²) < 4.78 is 41.1. The number of carbonyl (C=O) groups is 4. The summed E-state index contributed by atoms with van der Waals surface area (Å²) in [7, 11) is -3.10. The molecule has 6 N–H and O–H groups in total. The third-order valence-corrected chi connectivity index (χ3v) is 10.2. The molecule has 3 aromatic carbocycles. The number of nitrogens with two attached hydrogens (primary N) is 2. The molecule has 1 aliphatic heterocycles. The Kier molecular flexibility index (Phi) is 18.1. The van der Waals surface area contributed by atoms with Crippen LogP contribution in [0.5, 0.6) is 17.2 Å². The van der Waals surface area contributed by atoms with Gasteiger partial charge in [-0.1, -0.05) is 61.2 Å². The minimum absolute atomic E-state index is 0.000883. The second-order valence-electron chi connectivity index (χ2n) is 13.1. The molecular formula is C38H44Cl2FN4O12P. The summed E-state index contributed by atoms with van der Waals surface area (Å²) in [6.45, 7) is 3.11. The average molecular weight is 870 g/mol. The number of rotatable bonds is 15. The predicted molar refractivity (Wildman–Crippen MR) is 215 cm³/mol. The molecule has 1 aliphatic carbocycles. The van der Waals surface area contributed by atoms with Gasteiger partial charge in [0.1, 0.15) is 39.8 Å². The quantitative estimate of drug-likeness (QED) is 0.0218. The average Bonchev–Trinajstić information content (AvgIpc) is 3.43. The van der Waals surface area contributed by atoms with Crippen molar-refractivity contribution in [2.75, 3.05) is 36.7 Å². The summed E-state index contributed by atoms with van der Waals surface area (Å²) in [5, 5.41) is 18.9. The van der Waals surface area contributed by atoms with Crippen molar-refractivity contribution in [3.05, 3.63) is 91.7 Å². The number of ether oxygens (including phenoxy) is 3. The van der Waals surface area contributed by atoms with Gasteiger partial charge in [-0.25, -0.2) is 14.1 Å². The molecule has 0 spiro atoms. The van der Waals surface area contributed by atoms with E-state index in [4.69, 9.17) is 58.9 Å². The van der Waals surface area contributed by atoms with E-state index in [1.807, 2.05) is 13.0 Å². The SMILES string of the molecule is CCCCCOC(=O)COc1cc(N2C(=O)C3=C(CCCC3)C2=O)c(F)cc1Cl.CP(=O)(O)CCC(N)C(=O)O.Nc1c([N+](=O)[O-])ccc(Oc2ccccc2)c1Cl. The van der Waals surface area contributed by atoms with Gasteiger partial charge in [-0.3, -0.25) is 29.1 Å². The topological polar surface area (TPSA) is 252 Å². The first kappa shape index (κ1) is 47.3. The summed E-state index contributed by atoms with van der Waals surface area (Å²) in [6.07, 6.45) is 5.40. The van der Waals surface area contributed by atoms with Crippen LogP contribution in [0.3, 0.4) is 0 Å². The fourth-order valence-electron chi connectivity index (χ4n) is 5.39. The van der Waals surface area contributed by atoms with E-state index >= 15 is 0 Å². The van der Waals surface area contributed by atoms with Crippen LogP contribution in [0.4, 0.5) is 21.5 Å². The van der Waals surface area contributed by atoms with Gasteiger partial charge >= 0.3 is 11.9 Å². The summed E-state index contributed by atoms with van der Waals surface area (Å²) >= 11 is 12.0. The lowest BCUT2D eigenvalue weighted by Crippen LogP contribution is -2.32. The Bertz CT molecular complexity index is 2040. The number of nitrogens with zero attached hydrogens (tertiary/aromatic N) is 2. The lowest BCUT2D eigenvalue weighted by atomic mass is 9.93. The number of carbonyl (C=O) groups excluding carboxylic acids is 3. The zero-order valence-corrected chi connectivity index (χ0v) is 34.1. The highest BCUT2D eigenvalue weighted by molar-refractivity contribution is 7.57. The Hall–Kier alpha value is -5.06. The zero-order chi connectivity index (χ0) is 43.2. The number of unbranched alkanes of at least 4 members (excludes halogenated alkanes) is 2. The van der Waals surface area contributed by atoms with Gasteiger partial charge < -0.3 is 35.7 Å². The van der Waals surface area contributed by atoms with E-state index < -0.39 is 54.5 Å². The van der Waals surface area contributed by atoms with E-state index in [-0.39, 0.29) is 51.2 Å². The third kappa shape index (κ3) is 13.8. The van der Waals surface area contributed by atoms with Crippen molar-refractivity contribution in [1.82, 2.24) is 0 Å². The number of hydrogen-bond donors (Lipinski definition) is 4. The number of hydrogen-bond acceptors (Lipinski definition) is 12. The molecule has 1 heterocycles. The van der Waals surface area contributed by atoms with Crippen molar-refractivity contribution in [2.24, 2.45) is 5.73 Å². The zero-order valence-electron chi connectivity index (χ0n) is 31.7. The molecule has 0 bridgehead atoms. The Morgan fingerprint density at radius 2 is 1.66 bits per heavy atom. The number of nitro benzene ring substituents is 1. The van der Waals surface area contributed by atoms with Crippen LogP contribution in [0.15, 0.2) is 65.7 Å². The first-order valence-electron chi connectivity index (χ1n) is 18.0. The molecule has 2 amide bonds. The molecule has 20 heteroatoms. The maximum absolute atomic E-state index is 14.5. The van der Waals surface area contributed by atoms with Crippen LogP contribution < -0.4 is 25.8 Å². The first-order valence-corrected chi connectivity index (χ1v) is 21.0. The van der Waals surface area contributed by atoms with Gasteiger partial charge in [0.25, 0.3) is 17.5 Å². The minimum Gasteiger partial charge on any atom is -0.480 e. The maximum Gasteiger partial charge on any atom is 0.344 e.